The van der Waals surface area contributed by atoms with Crippen LogP contribution in [0.5, 0.6) is 5.75 Å². The van der Waals surface area contributed by atoms with Gasteiger partial charge in [0.05, 0.1) is 6.61 Å². The van der Waals surface area contributed by atoms with Crippen LogP contribution in [0.15, 0.2) is 48.5 Å². The molecule has 1 heterocycles. The molecule has 1 fully saturated rings. The Kier molecular flexibility index (Phi) is 7.81. The highest BCUT2D eigenvalue weighted by molar-refractivity contribution is 5.94. The van der Waals surface area contributed by atoms with Gasteiger partial charge in [0.1, 0.15) is 5.75 Å². The summed E-state index contributed by atoms with van der Waals surface area (Å²) in [5.74, 6) is 1.01. The summed E-state index contributed by atoms with van der Waals surface area (Å²) in [6, 6.07) is 16.5. The first-order chi connectivity index (χ1) is 14.1. The second-order valence-electron chi connectivity index (χ2n) is 7.71. The molecule has 0 spiro atoms. The molecule has 0 amide bonds. The maximum Gasteiger partial charge on any atom is 0.159 e. The molecule has 29 heavy (non-hydrogen) atoms. The van der Waals surface area contributed by atoms with E-state index in [2.05, 4.69) is 28.0 Å². The number of carbonyl (C=O) groups excluding carboxylic acids is 1. The smallest absolute Gasteiger partial charge is 0.159 e. The van der Waals surface area contributed by atoms with Crippen molar-refractivity contribution in [3.63, 3.8) is 0 Å². The maximum absolute atomic E-state index is 11.6. The summed E-state index contributed by atoms with van der Waals surface area (Å²) in [4.78, 5) is 16.5. The molecule has 0 unspecified atom stereocenters. The van der Waals surface area contributed by atoms with E-state index in [-0.39, 0.29) is 12.4 Å². The van der Waals surface area contributed by atoms with Crippen molar-refractivity contribution in [2.75, 3.05) is 32.8 Å². The second kappa shape index (κ2) is 10.5. The van der Waals surface area contributed by atoms with E-state index < -0.39 is 0 Å². The molecule has 0 saturated carbocycles. The number of piperazine rings is 1. The molecule has 5 heteroatoms. The van der Waals surface area contributed by atoms with Gasteiger partial charge in [-0.2, -0.15) is 0 Å². The number of Topliss-reactive ketones (excluding diaryl/α,β-unsaturated/α-hetero) is 1. The van der Waals surface area contributed by atoms with Crippen LogP contribution >= 0.6 is 0 Å². The molecule has 2 aromatic rings. The van der Waals surface area contributed by atoms with Crippen molar-refractivity contribution in [3.8, 4) is 5.75 Å². The van der Waals surface area contributed by atoms with E-state index in [1.807, 2.05) is 37.3 Å². The number of ketones is 1. The van der Waals surface area contributed by atoms with Crippen molar-refractivity contribution in [1.82, 2.24) is 9.80 Å². The Labute approximate surface area is 173 Å². The molecule has 1 saturated heterocycles. The number of carbonyl (C=O) groups is 1. The zero-order valence-electron chi connectivity index (χ0n) is 17.5. The SMILES string of the molecule is CCOc1ccc(CN2CCN(Cc3cccc(C(C)=O)c3)C[C@@H]2CCO)cc1. The fourth-order valence-corrected chi connectivity index (χ4v) is 3.97. The van der Waals surface area contributed by atoms with Crippen LogP contribution in [0.4, 0.5) is 0 Å². The van der Waals surface area contributed by atoms with E-state index in [1.165, 1.54) is 11.1 Å². The first-order valence-electron chi connectivity index (χ1n) is 10.5. The quantitative estimate of drug-likeness (QED) is 0.659. The van der Waals surface area contributed by atoms with Gasteiger partial charge in [-0.05, 0) is 49.6 Å². The Morgan fingerprint density at radius 2 is 1.90 bits per heavy atom. The predicted molar refractivity (Wildman–Crippen MR) is 115 cm³/mol. The zero-order chi connectivity index (χ0) is 20.6. The molecule has 1 N–H and O–H groups in total. The Morgan fingerprint density at radius 3 is 2.59 bits per heavy atom. The van der Waals surface area contributed by atoms with Crippen LogP contribution in [0.2, 0.25) is 0 Å². The lowest BCUT2D eigenvalue weighted by Gasteiger charge is -2.41. The van der Waals surface area contributed by atoms with Crippen LogP contribution in [-0.4, -0.2) is 59.6 Å². The van der Waals surface area contributed by atoms with Gasteiger partial charge in [-0.1, -0.05) is 30.3 Å². The van der Waals surface area contributed by atoms with Crippen LogP contribution < -0.4 is 4.74 Å². The van der Waals surface area contributed by atoms with Crippen LogP contribution in [0.1, 0.15) is 41.8 Å². The summed E-state index contributed by atoms with van der Waals surface area (Å²) < 4.78 is 5.53. The Bertz CT molecular complexity index is 791. The minimum Gasteiger partial charge on any atom is -0.494 e. The van der Waals surface area contributed by atoms with Crippen LogP contribution in [0.25, 0.3) is 0 Å². The molecule has 1 atom stereocenters. The van der Waals surface area contributed by atoms with Gasteiger partial charge >= 0.3 is 0 Å². The van der Waals surface area contributed by atoms with E-state index in [1.54, 1.807) is 6.92 Å². The van der Waals surface area contributed by atoms with Crippen LogP contribution in [0, 0.1) is 0 Å². The van der Waals surface area contributed by atoms with Gasteiger partial charge in [-0.15, -0.1) is 0 Å². The molecule has 5 nitrogen and oxygen atoms in total. The number of nitrogens with zero attached hydrogens (tertiary/aromatic N) is 2. The molecule has 0 radical (unpaired) electrons. The minimum atomic E-state index is 0.102. The highest BCUT2D eigenvalue weighted by atomic mass is 16.5. The fourth-order valence-electron chi connectivity index (χ4n) is 3.97. The normalized spacial score (nSPS) is 18.0. The fraction of sp³-hybridized carbons (Fsp3) is 0.458. The number of benzene rings is 2. The Balaban J connectivity index is 1.61. The molecule has 3 rings (SSSR count). The Hall–Kier alpha value is -2.21. The Morgan fingerprint density at radius 1 is 1.10 bits per heavy atom. The molecule has 1 aliphatic rings. The van der Waals surface area contributed by atoms with Gasteiger partial charge < -0.3 is 9.84 Å². The molecular formula is C24H32N2O3. The summed E-state index contributed by atoms with van der Waals surface area (Å²) in [7, 11) is 0. The van der Waals surface area contributed by atoms with Crippen molar-refractivity contribution in [3.05, 3.63) is 65.2 Å². The van der Waals surface area contributed by atoms with Gasteiger partial charge in [-0.3, -0.25) is 14.6 Å². The molecule has 1 aliphatic heterocycles. The van der Waals surface area contributed by atoms with Gasteiger partial charge in [0.25, 0.3) is 0 Å². The summed E-state index contributed by atoms with van der Waals surface area (Å²) in [5.41, 5.74) is 3.20. The lowest BCUT2D eigenvalue weighted by Crippen LogP contribution is -2.52. The van der Waals surface area contributed by atoms with E-state index in [0.29, 0.717) is 12.6 Å². The van der Waals surface area contributed by atoms with Crippen molar-refractivity contribution in [1.29, 1.82) is 0 Å². The first kappa shape index (κ1) is 21.5. The number of hydrogen-bond donors (Lipinski definition) is 1. The van der Waals surface area contributed by atoms with Crippen molar-refractivity contribution in [2.24, 2.45) is 0 Å². The highest BCUT2D eigenvalue weighted by Gasteiger charge is 2.26. The number of rotatable bonds is 9. The van der Waals surface area contributed by atoms with Crippen LogP contribution in [0.3, 0.4) is 0 Å². The number of hydrogen-bond acceptors (Lipinski definition) is 5. The molecule has 0 bridgehead atoms. The maximum atomic E-state index is 11.6. The summed E-state index contributed by atoms with van der Waals surface area (Å²) in [5, 5.41) is 9.57. The average Bonchev–Trinajstić information content (AvgIpc) is 2.72. The molecular weight excluding hydrogens is 364 g/mol. The lowest BCUT2D eigenvalue weighted by atomic mass is 10.0. The largest absolute Gasteiger partial charge is 0.494 e. The zero-order valence-corrected chi connectivity index (χ0v) is 17.5. The lowest BCUT2D eigenvalue weighted by molar-refractivity contribution is 0.0499. The first-order valence-corrected chi connectivity index (χ1v) is 10.5. The summed E-state index contributed by atoms with van der Waals surface area (Å²) >= 11 is 0. The van der Waals surface area contributed by atoms with Gasteiger partial charge in [0.2, 0.25) is 0 Å². The molecule has 156 valence electrons. The highest BCUT2D eigenvalue weighted by Crippen LogP contribution is 2.20. The monoisotopic (exact) mass is 396 g/mol. The van der Waals surface area contributed by atoms with Crippen LogP contribution in [-0.2, 0) is 13.1 Å². The third-order valence-electron chi connectivity index (χ3n) is 5.51. The average molecular weight is 397 g/mol. The topological polar surface area (TPSA) is 53.0 Å². The summed E-state index contributed by atoms with van der Waals surface area (Å²) in [6.45, 7) is 9.03. The molecule has 0 aliphatic carbocycles. The third kappa shape index (κ3) is 6.13. The number of aliphatic hydroxyl groups is 1. The van der Waals surface area contributed by atoms with E-state index in [0.717, 1.165) is 50.5 Å². The predicted octanol–water partition coefficient (Wildman–Crippen LogP) is 3.36. The van der Waals surface area contributed by atoms with Crippen molar-refractivity contribution in [2.45, 2.75) is 39.4 Å². The van der Waals surface area contributed by atoms with E-state index in [9.17, 15) is 9.90 Å². The standard InChI is InChI=1S/C24H32N2O3/c1-3-29-24-9-7-20(8-10-24)17-26-13-12-25(18-23(26)11-14-27)16-21-5-4-6-22(15-21)19(2)28/h4-10,15,23,27H,3,11-14,16-18H2,1-2H3/t23-/m0/s1. The summed E-state index contributed by atoms with van der Waals surface area (Å²) in [6.07, 6.45) is 0.765. The van der Waals surface area contributed by atoms with E-state index in [4.69, 9.17) is 4.74 Å². The molecule has 2 aromatic carbocycles. The number of aliphatic hydroxyl groups excluding tert-OH is 1. The molecule has 0 aromatic heterocycles. The minimum absolute atomic E-state index is 0.102. The van der Waals surface area contributed by atoms with Gasteiger partial charge in [0.15, 0.2) is 5.78 Å². The van der Waals surface area contributed by atoms with Gasteiger partial charge in [0, 0.05) is 50.9 Å². The van der Waals surface area contributed by atoms with Crippen molar-refractivity contribution < 1.29 is 14.6 Å². The number of ether oxygens (including phenoxy) is 1. The third-order valence-corrected chi connectivity index (χ3v) is 5.51. The van der Waals surface area contributed by atoms with Gasteiger partial charge in [-0.25, -0.2) is 0 Å². The second-order valence-corrected chi connectivity index (χ2v) is 7.71. The van der Waals surface area contributed by atoms with Crippen molar-refractivity contribution >= 4 is 5.78 Å². The van der Waals surface area contributed by atoms with E-state index >= 15 is 0 Å².